The number of ether oxygens (including phenoxy) is 1. The molecule has 2 saturated carbocycles. The number of oxime groups is 1. The fourth-order valence-electron chi connectivity index (χ4n) is 3.17. The highest BCUT2D eigenvalue weighted by Crippen LogP contribution is 2.65. The molecular weight excluding hydrogens is 202 g/mol. The monoisotopic (exact) mass is 223 g/mol. The predicted octanol–water partition coefficient (Wildman–Crippen LogP) is 2.46. The molecule has 0 bridgehead atoms. The third kappa shape index (κ3) is 1.75. The summed E-state index contributed by atoms with van der Waals surface area (Å²) in [7, 11) is 0. The summed E-state index contributed by atoms with van der Waals surface area (Å²) in [6, 6.07) is 0. The minimum absolute atomic E-state index is 0.313. The fraction of sp³-hybridized carbons (Fsp3) is 0.923. The van der Waals surface area contributed by atoms with Gasteiger partial charge in [-0.2, -0.15) is 0 Å². The average Bonchev–Trinajstić information content (AvgIpc) is 3.10. The molecule has 2 aliphatic carbocycles. The van der Waals surface area contributed by atoms with Crippen LogP contribution in [0.25, 0.3) is 0 Å². The van der Waals surface area contributed by atoms with E-state index in [-0.39, 0.29) is 0 Å². The minimum Gasteiger partial charge on any atom is -0.393 e. The van der Waals surface area contributed by atoms with E-state index in [9.17, 15) is 0 Å². The van der Waals surface area contributed by atoms with Crippen LogP contribution < -0.4 is 0 Å². The Morgan fingerprint density at radius 3 is 2.88 bits per heavy atom. The molecule has 0 radical (unpaired) electrons. The number of epoxide rings is 1. The molecule has 3 rings (SSSR count). The van der Waals surface area contributed by atoms with E-state index in [1.165, 1.54) is 12.1 Å². The standard InChI is InChI=1S/C13H21NO2/c1-8-4-10-11(13(10,2)3)5-12(8)14-16-7-9-6-15-9/h8-11H,4-7H2,1-3H3/b14-12+/t8-,9?,10+,11-/m1/s1. The molecule has 3 aliphatic rings. The summed E-state index contributed by atoms with van der Waals surface area (Å²) in [5.74, 6) is 2.37. The van der Waals surface area contributed by atoms with Gasteiger partial charge in [-0.05, 0) is 36.0 Å². The molecule has 1 saturated heterocycles. The van der Waals surface area contributed by atoms with Crippen molar-refractivity contribution in [3.8, 4) is 0 Å². The lowest BCUT2D eigenvalue weighted by molar-refractivity contribution is 0.122. The second kappa shape index (κ2) is 3.46. The molecule has 0 amide bonds. The van der Waals surface area contributed by atoms with Gasteiger partial charge in [0.05, 0.1) is 12.3 Å². The normalized spacial score (nSPS) is 46.3. The van der Waals surface area contributed by atoms with Gasteiger partial charge >= 0.3 is 0 Å². The van der Waals surface area contributed by atoms with Gasteiger partial charge < -0.3 is 9.57 Å². The average molecular weight is 223 g/mol. The van der Waals surface area contributed by atoms with Gasteiger partial charge in [-0.15, -0.1) is 0 Å². The maximum Gasteiger partial charge on any atom is 0.145 e. The van der Waals surface area contributed by atoms with Crippen molar-refractivity contribution < 1.29 is 9.57 Å². The van der Waals surface area contributed by atoms with Gasteiger partial charge in [0, 0.05) is 0 Å². The Morgan fingerprint density at radius 1 is 1.44 bits per heavy atom. The van der Waals surface area contributed by atoms with Crippen LogP contribution in [-0.2, 0) is 9.57 Å². The Hall–Kier alpha value is -0.570. The molecule has 0 N–H and O–H groups in total. The zero-order chi connectivity index (χ0) is 11.3. The van der Waals surface area contributed by atoms with Crippen molar-refractivity contribution in [2.75, 3.05) is 13.2 Å². The van der Waals surface area contributed by atoms with Crippen molar-refractivity contribution in [1.29, 1.82) is 0 Å². The fourth-order valence-corrected chi connectivity index (χ4v) is 3.17. The van der Waals surface area contributed by atoms with Crippen LogP contribution in [0.2, 0.25) is 0 Å². The van der Waals surface area contributed by atoms with E-state index in [1.807, 2.05) is 0 Å². The van der Waals surface area contributed by atoms with Crippen molar-refractivity contribution in [1.82, 2.24) is 0 Å². The smallest absolute Gasteiger partial charge is 0.145 e. The summed E-state index contributed by atoms with van der Waals surface area (Å²) in [6.07, 6.45) is 2.75. The molecule has 0 aromatic carbocycles. The van der Waals surface area contributed by atoms with Crippen molar-refractivity contribution in [3.05, 3.63) is 0 Å². The van der Waals surface area contributed by atoms with Gasteiger partial charge in [0.2, 0.25) is 0 Å². The van der Waals surface area contributed by atoms with Gasteiger partial charge in [-0.3, -0.25) is 0 Å². The van der Waals surface area contributed by atoms with Crippen LogP contribution in [0.1, 0.15) is 33.6 Å². The SMILES string of the molecule is C[C@@H]1C[C@H]2[C@@H](C/C1=N\OCC1CO1)C2(C)C. The Morgan fingerprint density at radius 2 is 2.19 bits per heavy atom. The van der Waals surface area contributed by atoms with Crippen molar-refractivity contribution >= 4 is 5.71 Å². The van der Waals surface area contributed by atoms with E-state index in [4.69, 9.17) is 9.57 Å². The van der Waals surface area contributed by atoms with E-state index >= 15 is 0 Å². The lowest BCUT2D eigenvalue weighted by atomic mass is 9.89. The van der Waals surface area contributed by atoms with Crippen LogP contribution in [0.4, 0.5) is 0 Å². The molecule has 3 heteroatoms. The van der Waals surface area contributed by atoms with Crippen molar-refractivity contribution in [2.24, 2.45) is 28.3 Å². The molecular formula is C13H21NO2. The third-order valence-corrected chi connectivity index (χ3v) is 4.74. The zero-order valence-electron chi connectivity index (χ0n) is 10.4. The highest BCUT2D eigenvalue weighted by molar-refractivity contribution is 5.87. The van der Waals surface area contributed by atoms with Crippen molar-refractivity contribution in [2.45, 2.75) is 39.7 Å². The summed E-state index contributed by atoms with van der Waals surface area (Å²) in [4.78, 5) is 5.37. The number of hydrogen-bond donors (Lipinski definition) is 0. The minimum atomic E-state index is 0.313. The van der Waals surface area contributed by atoms with E-state index in [2.05, 4.69) is 25.9 Å². The van der Waals surface area contributed by atoms with E-state index < -0.39 is 0 Å². The summed E-state index contributed by atoms with van der Waals surface area (Å²) in [5, 5.41) is 4.32. The van der Waals surface area contributed by atoms with Crippen LogP contribution in [0, 0.1) is 23.2 Å². The van der Waals surface area contributed by atoms with Gasteiger partial charge in [0.25, 0.3) is 0 Å². The number of fused-ring (bicyclic) bond motifs is 1. The van der Waals surface area contributed by atoms with Crippen LogP contribution in [0.15, 0.2) is 5.16 Å². The first-order valence-electron chi connectivity index (χ1n) is 6.39. The molecule has 4 atom stereocenters. The van der Waals surface area contributed by atoms with Gasteiger partial charge in [-0.1, -0.05) is 25.9 Å². The molecule has 1 heterocycles. The molecule has 0 spiro atoms. The lowest BCUT2D eigenvalue weighted by Gasteiger charge is -2.18. The molecule has 16 heavy (non-hydrogen) atoms. The largest absolute Gasteiger partial charge is 0.393 e. The molecule has 3 fully saturated rings. The lowest BCUT2D eigenvalue weighted by Crippen LogP contribution is -2.18. The van der Waals surface area contributed by atoms with Gasteiger partial charge in [0.15, 0.2) is 0 Å². The molecule has 1 unspecified atom stereocenters. The number of hydrogen-bond acceptors (Lipinski definition) is 3. The molecule has 90 valence electrons. The predicted molar refractivity (Wildman–Crippen MR) is 62.3 cm³/mol. The summed E-state index contributed by atoms with van der Waals surface area (Å²) < 4.78 is 5.09. The maximum atomic E-state index is 5.37. The molecule has 0 aromatic rings. The van der Waals surface area contributed by atoms with Crippen LogP contribution >= 0.6 is 0 Å². The first-order valence-corrected chi connectivity index (χ1v) is 6.39. The third-order valence-electron chi connectivity index (χ3n) is 4.74. The Bertz CT molecular complexity index is 320. The van der Waals surface area contributed by atoms with Crippen LogP contribution in [0.3, 0.4) is 0 Å². The molecule has 3 nitrogen and oxygen atoms in total. The summed E-state index contributed by atoms with van der Waals surface area (Å²) in [6.45, 7) is 8.53. The molecule has 1 aliphatic heterocycles. The van der Waals surface area contributed by atoms with Crippen molar-refractivity contribution in [3.63, 3.8) is 0 Å². The Balaban J connectivity index is 1.58. The first kappa shape index (κ1) is 10.6. The summed E-state index contributed by atoms with van der Waals surface area (Å²) >= 11 is 0. The number of rotatable bonds is 3. The second-order valence-corrected chi connectivity index (χ2v) is 6.21. The van der Waals surface area contributed by atoms with E-state index in [0.29, 0.717) is 24.0 Å². The van der Waals surface area contributed by atoms with E-state index in [0.717, 1.165) is 24.9 Å². The molecule has 0 aromatic heterocycles. The second-order valence-electron chi connectivity index (χ2n) is 6.21. The van der Waals surface area contributed by atoms with Gasteiger partial charge in [0.1, 0.15) is 12.7 Å². The quantitative estimate of drug-likeness (QED) is 0.544. The van der Waals surface area contributed by atoms with Crippen LogP contribution in [0.5, 0.6) is 0 Å². The van der Waals surface area contributed by atoms with E-state index in [1.54, 1.807) is 0 Å². The Labute approximate surface area is 97.2 Å². The van der Waals surface area contributed by atoms with Gasteiger partial charge in [-0.25, -0.2) is 0 Å². The number of nitrogens with zero attached hydrogens (tertiary/aromatic N) is 1. The topological polar surface area (TPSA) is 34.1 Å². The highest BCUT2D eigenvalue weighted by Gasteiger charge is 2.60. The zero-order valence-corrected chi connectivity index (χ0v) is 10.4. The maximum absolute atomic E-state index is 5.37. The Kier molecular flexibility index (Phi) is 2.29. The first-order chi connectivity index (χ1) is 7.59. The van der Waals surface area contributed by atoms with Crippen LogP contribution in [-0.4, -0.2) is 25.0 Å². The summed E-state index contributed by atoms with van der Waals surface area (Å²) in [5.41, 5.74) is 1.82. The highest BCUT2D eigenvalue weighted by atomic mass is 16.7.